The lowest BCUT2D eigenvalue weighted by Crippen LogP contribution is -1.85. The molecule has 0 bridgehead atoms. The predicted molar refractivity (Wildman–Crippen MR) is 76.0 cm³/mol. The Kier molecular flexibility index (Phi) is 2.60. The first-order valence-corrected chi connectivity index (χ1v) is 6.25. The maximum absolute atomic E-state index is 6.15. The summed E-state index contributed by atoms with van der Waals surface area (Å²) in [6.07, 6.45) is 0. The number of imidazole rings is 1. The summed E-state index contributed by atoms with van der Waals surface area (Å²) in [6, 6.07) is 12.1. The highest BCUT2D eigenvalue weighted by Crippen LogP contribution is 2.28. The van der Waals surface area contributed by atoms with E-state index in [-0.39, 0.29) is 0 Å². The predicted octanol–water partition coefficient (Wildman–Crippen LogP) is 4.50. The third kappa shape index (κ3) is 1.79. The van der Waals surface area contributed by atoms with E-state index in [0.29, 0.717) is 0 Å². The molecule has 18 heavy (non-hydrogen) atoms. The van der Waals surface area contributed by atoms with E-state index in [1.54, 1.807) is 0 Å². The fraction of sp³-hybridized carbons (Fsp3) is 0.133. The molecule has 0 amide bonds. The second-order valence-corrected chi connectivity index (χ2v) is 4.93. The number of benzene rings is 2. The van der Waals surface area contributed by atoms with Crippen molar-refractivity contribution in [3.05, 3.63) is 52.5 Å². The van der Waals surface area contributed by atoms with Crippen molar-refractivity contribution >= 4 is 22.6 Å². The number of aromatic nitrogens is 2. The van der Waals surface area contributed by atoms with Gasteiger partial charge in [0.15, 0.2) is 0 Å². The zero-order valence-corrected chi connectivity index (χ0v) is 11.0. The van der Waals surface area contributed by atoms with Crippen molar-refractivity contribution in [2.75, 3.05) is 0 Å². The maximum Gasteiger partial charge on any atom is 0.138 e. The molecule has 0 unspecified atom stereocenters. The van der Waals surface area contributed by atoms with Gasteiger partial charge in [0, 0.05) is 10.6 Å². The molecule has 3 heteroatoms. The largest absolute Gasteiger partial charge is 0.338 e. The molecule has 0 aliphatic heterocycles. The van der Waals surface area contributed by atoms with Gasteiger partial charge in [0.2, 0.25) is 0 Å². The van der Waals surface area contributed by atoms with Crippen molar-refractivity contribution in [3.63, 3.8) is 0 Å². The van der Waals surface area contributed by atoms with Crippen LogP contribution in [0.25, 0.3) is 22.4 Å². The van der Waals surface area contributed by atoms with E-state index in [0.717, 1.165) is 33.0 Å². The average molecular weight is 257 g/mol. The Labute approximate surface area is 111 Å². The van der Waals surface area contributed by atoms with Gasteiger partial charge in [0.25, 0.3) is 0 Å². The van der Waals surface area contributed by atoms with Crippen LogP contribution in [0, 0.1) is 13.8 Å². The van der Waals surface area contributed by atoms with E-state index in [2.05, 4.69) is 29.0 Å². The van der Waals surface area contributed by atoms with Crippen LogP contribution in [0.4, 0.5) is 0 Å². The molecule has 1 aromatic heterocycles. The number of halogens is 1. The Balaban J connectivity index is 2.22. The van der Waals surface area contributed by atoms with Gasteiger partial charge in [-0.25, -0.2) is 4.98 Å². The SMILES string of the molecule is Cc1ccc2nc(-c3cccc(Cl)c3C)[nH]c2c1. The molecule has 0 aliphatic rings. The second-order valence-electron chi connectivity index (χ2n) is 4.52. The fourth-order valence-electron chi connectivity index (χ4n) is 2.12. The number of fused-ring (bicyclic) bond motifs is 1. The van der Waals surface area contributed by atoms with Gasteiger partial charge >= 0.3 is 0 Å². The van der Waals surface area contributed by atoms with Crippen LogP contribution >= 0.6 is 11.6 Å². The summed E-state index contributed by atoms with van der Waals surface area (Å²) in [4.78, 5) is 7.96. The normalized spacial score (nSPS) is 11.1. The summed E-state index contributed by atoms with van der Waals surface area (Å²) >= 11 is 6.15. The minimum absolute atomic E-state index is 0.768. The van der Waals surface area contributed by atoms with E-state index in [1.165, 1.54) is 5.56 Å². The topological polar surface area (TPSA) is 28.7 Å². The molecule has 2 nitrogen and oxygen atoms in total. The van der Waals surface area contributed by atoms with Gasteiger partial charge < -0.3 is 4.98 Å². The standard InChI is InChI=1S/C15H13ClN2/c1-9-6-7-13-14(8-9)18-15(17-13)11-4-3-5-12(16)10(11)2/h3-8H,1-2H3,(H,17,18). The minimum atomic E-state index is 0.768. The summed E-state index contributed by atoms with van der Waals surface area (Å²) in [5.74, 6) is 0.871. The van der Waals surface area contributed by atoms with Gasteiger partial charge in [-0.3, -0.25) is 0 Å². The third-order valence-corrected chi connectivity index (χ3v) is 3.57. The Bertz CT molecular complexity index is 728. The highest BCUT2D eigenvalue weighted by atomic mass is 35.5. The van der Waals surface area contributed by atoms with E-state index in [4.69, 9.17) is 11.6 Å². The van der Waals surface area contributed by atoms with Crippen LogP contribution in [0.15, 0.2) is 36.4 Å². The average Bonchev–Trinajstić information content (AvgIpc) is 2.75. The minimum Gasteiger partial charge on any atom is -0.338 e. The van der Waals surface area contributed by atoms with Crippen molar-refractivity contribution in [2.24, 2.45) is 0 Å². The summed E-state index contributed by atoms with van der Waals surface area (Å²) in [7, 11) is 0. The lowest BCUT2D eigenvalue weighted by molar-refractivity contribution is 1.31. The molecule has 1 N–H and O–H groups in total. The van der Waals surface area contributed by atoms with Crippen LogP contribution in [-0.2, 0) is 0 Å². The smallest absolute Gasteiger partial charge is 0.138 e. The lowest BCUT2D eigenvalue weighted by atomic mass is 10.1. The highest BCUT2D eigenvalue weighted by Gasteiger charge is 2.09. The zero-order chi connectivity index (χ0) is 12.7. The Morgan fingerprint density at radius 3 is 2.78 bits per heavy atom. The first-order valence-electron chi connectivity index (χ1n) is 5.87. The van der Waals surface area contributed by atoms with Crippen molar-refractivity contribution < 1.29 is 0 Å². The maximum atomic E-state index is 6.15. The summed E-state index contributed by atoms with van der Waals surface area (Å²) in [6.45, 7) is 4.08. The van der Waals surface area contributed by atoms with Crippen LogP contribution in [0.2, 0.25) is 5.02 Å². The number of nitrogens with one attached hydrogen (secondary N) is 1. The van der Waals surface area contributed by atoms with Gasteiger partial charge in [0.1, 0.15) is 5.82 Å². The number of rotatable bonds is 1. The molecule has 0 radical (unpaired) electrons. The van der Waals surface area contributed by atoms with Crippen LogP contribution in [0.1, 0.15) is 11.1 Å². The number of aromatic amines is 1. The Morgan fingerprint density at radius 2 is 1.94 bits per heavy atom. The molecule has 0 saturated carbocycles. The van der Waals surface area contributed by atoms with Crippen LogP contribution in [-0.4, -0.2) is 9.97 Å². The molecule has 0 aliphatic carbocycles. The Morgan fingerprint density at radius 1 is 1.11 bits per heavy atom. The summed E-state index contributed by atoms with van der Waals surface area (Å²) in [5, 5.41) is 0.768. The molecule has 90 valence electrons. The molecule has 3 aromatic rings. The number of aryl methyl sites for hydroxylation is 1. The van der Waals surface area contributed by atoms with Crippen LogP contribution in [0.5, 0.6) is 0 Å². The lowest BCUT2D eigenvalue weighted by Gasteiger charge is -2.03. The number of hydrogen-bond donors (Lipinski definition) is 1. The molecule has 3 rings (SSSR count). The molecular formula is C15H13ClN2. The van der Waals surface area contributed by atoms with Gasteiger partial charge in [-0.05, 0) is 43.2 Å². The quantitative estimate of drug-likeness (QED) is 0.682. The monoisotopic (exact) mass is 256 g/mol. The number of nitrogens with zero attached hydrogens (tertiary/aromatic N) is 1. The Hall–Kier alpha value is -1.80. The molecule has 0 saturated heterocycles. The van der Waals surface area contributed by atoms with Gasteiger partial charge in [-0.1, -0.05) is 29.8 Å². The molecule has 0 fully saturated rings. The van der Waals surface area contributed by atoms with Crippen molar-refractivity contribution in [1.29, 1.82) is 0 Å². The first-order chi connectivity index (χ1) is 8.65. The van der Waals surface area contributed by atoms with Crippen molar-refractivity contribution in [1.82, 2.24) is 9.97 Å². The van der Waals surface area contributed by atoms with E-state index < -0.39 is 0 Å². The number of H-pyrrole nitrogens is 1. The second kappa shape index (κ2) is 4.14. The van der Waals surface area contributed by atoms with Crippen LogP contribution in [0.3, 0.4) is 0 Å². The van der Waals surface area contributed by atoms with Crippen LogP contribution < -0.4 is 0 Å². The number of hydrogen-bond acceptors (Lipinski definition) is 1. The molecule has 1 heterocycles. The zero-order valence-electron chi connectivity index (χ0n) is 10.3. The summed E-state index contributed by atoms with van der Waals surface area (Å²) in [5.41, 5.74) is 5.37. The molecular weight excluding hydrogens is 244 g/mol. The van der Waals surface area contributed by atoms with Crippen molar-refractivity contribution in [3.8, 4) is 11.4 Å². The summed E-state index contributed by atoms with van der Waals surface area (Å²) < 4.78 is 0. The van der Waals surface area contributed by atoms with Gasteiger partial charge in [-0.15, -0.1) is 0 Å². The first kappa shape index (κ1) is 11.3. The molecule has 2 aromatic carbocycles. The van der Waals surface area contributed by atoms with E-state index in [9.17, 15) is 0 Å². The third-order valence-electron chi connectivity index (χ3n) is 3.16. The van der Waals surface area contributed by atoms with Crippen molar-refractivity contribution in [2.45, 2.75) is 13.8 Å². The van der Waals surface area contributed by atoms with Gasteiger partial charge in [0.05, 0.1) is 11.0 Å². The molecule has 0 spiro atoms. The van der Waals surface area contributed by atoms with E-state index >= 15 is 0 Å². The highest BCUT2D eigenvalue weighted by molar-refractivity contribution is 6.31. The van der Waals surface area contributed by atoms with Gasteiger partial charge in [-0.2, -0.15) is 0 Å². The van der Waals surface area contributed by atoms with E-state index in [1.807, 2.05) is 31.2 Å². The molecule has 0 atom stereocenters. The fourth-order valence-corrected chi connectivity index (χ4v) is 2.29.